The number of benzene rings is 2. The number of carbonyl (C=O) groups excluding carboxylic acids is 3. The number of ether oxygens (including phenoxy) is 3. The van der Waals surface area contributed by atoms with E-state index in [-0.39, 0.29) is 34.4 Å². The molecule has 8 heteroatoms. The van der Waals surface area contributed by atoms with E-state index in [0.717, 1.165) is 0 Å². The van der Waals surface area contributed by atoms with Gasteiger partial charge >= 0.3 is 6.16 Å². The van der Waals surface area contributed by atoms with Gasteiger partial charge in [-0.3, -0.25) is 9.59 Å². The first-order valence-corrected chi connectivity index (χ1v) is 10.4. The number of Topliss-reactive ketones (excluding diaryl/α,β-unsaturated/α-hetero) is 1. The van der Waals surface area contributed by atoms with Crippen molar-refractivity contribution in [3.63, 3.8) is 0 Å². The minimum atomic E-state index is -0.850. The second kappa shape index (κ2) is 11.5. The van der Waals surface area contributed by atoms with Crippen LogP contribution in [0.1, 0.15) is 24.2 Å². The monoisotopic (exact) mass is 510 g/mol. The highest BCUT2D eigenvalue weighted by atomic mass is 127. The van der Waals surface area contributed by atoms with Crippen molar-refractivity contribution in [2.75, 3.05) is 11.2 Å². The molecular weight excluding hydrogens is 489 g/mol. The topological polar surface area (TPSA) is 93.0 Å². The SMILES string of the molecule is CC(C)C([N-]CC(=O)c1ccccc1)C(=O)Oc1cccc(OC(=O)OCI)c1. The lowest BCUT2D eigenvalue weighted by molar-refractivity contribution is -0.135. The fourth-order valence-electron chi connectivity index (χ4n) is 2.40. The smallest absolute Gasteiger partial charge is 0.514 e. The van der Waals surface area contributed by atoms with E-state index >= 15 is 0 Å². The molecule has 0 heterocycles. The van der Waals surface area contributed by atoms with Crippen LogP contribution in [0.25, 0.3) is 5.32 Å². The maximum atomic E-state index is 12.6. The summed E-state index contributed by atoms with van der Waals surface area (Å²) in [4.78, 5) is 36.2. The number of hydrogen-bond donors (Lipinski definition) is 0. The zero-order chi connectivity index (χ0) is 21.2. The van der Waals surface area contributed by atoms with Gasteiger partial charge in [-0.05, 0) is 40.8 Å². The lowest BCUT2D eigenvalue weighted by Crippen LogP contribution is -2.31. The molecule has 0 saturated heterocycles. The lowest BCUT2D eigenvalue weighted by atomic mass is 10.0. The summed E-state index contributed by atoms with van der Waals surface area (Å²) in [5.41, 5.74) is 0.537. The average molecular weight is 510 g/mol. The first-order chi connectivity index (χ1) is 13.9. The molecule has 0 fully saturated rings. The molecule has 0 bridgehead atoms. The number of esters is 1. The second-order valence-electron chi connectivity index (χ2n) is 6.32. The Balaban J connectivity index is 1.98. The van der Waals surface area contributed by atoms with Crippen molar-refractivity contribution in [1.82, 2.24) is 0 Å². The highest BCUT2D eigenvalue weighted by molar-refractivity contribution is 14.1. The summed E-state index contributed by atoms with van der Waals surface area (Å²) in [7, 11) is 0. The van der Waals surface area contributed by atoms with Gasteiger partial charge in [0.1, 0.15) is 21.9 Å². The summed E-state index contributed by atoms with van der Waals surface area (Å²) in [6.45, 7) is 3.53. The van der Waals surface area contributed by atoms with Crippen molar-refractivity contribution in [3.05, 3.63) is 65.5 Å². The molecule has 0 aliphatic rings. The molecule has 0 N–H and O–H groups in total. The van der Waals surface area contributed by atoms with E-state index in [0.29, 0.717) is 5.56 Å². The predicted molar refractivity (Wildman–Crippen MR) is 116 cm³/mol. The summed E-state index contributed by atoms with van der Waals surface area (Å²) < 4.78 is 15.2. The predicted octanol–water partition coefficient (Wildman–Crippen LogP) is 4.78. The van der Waals surface area contributed by atoms with Crippen molar-refractivity contribution in [1.29, 1.82) is 0 Å². The lowest BCUT2D eigenvalue weighted by Gasteiger charge is -2.32. The van der Waals surface area contributed by atoms with Crippen molar-refractivity contribution < 1.29 is 28.6 Å². The Morgan fingerprint density at radius 3 is 2.24 bits per heavy atom. The summed E-state index contributed by atoms with van der Waals surface area (Å²) in [6.07, 6.45) is -0.850. The molecule has 0 aliphatic heterocycles. The summed E-state index contributed by atoms with van der Waals surface area (Å²) in [5, 5.41) is 4.26. The Labute approximate surface area is 182 Å². The normalized spacial score (nSPS) is 11.6. The van der Waals surface area contributed by atoms with Crippen LogP contribution in [-0.4, -0.2) is 35.1 Å². The zero-order valence-electron chi connectivity index (χ0n) is 16.0. The first-order valence-electron chi connectivity index (χ1n) is 8.88. The molecule has 154 valence electrons. The van der Waals surface area contributed by atoms with Gasteiger partial charge in [-0.15, -0.1) is 0 Å². The van der Waals surface area contributed by atoms with E-state index in [9.17, 15) is 14.4 Å². The number of rotatable bonds is 9. The molecule has 0 amide bonds. The number of nitrogens with zero attached hydrogens (tertiary/aromatic N) is 1. The second-order valence-corrected chi connectivity index (χ2v) is 6.94. The van der Waals surface area contributed by atoms with E-state index in [1.807, 2.05) is 42.5 Å². The fraction of sp³-hybridized carbons (Fsp3) is 0.286. The largest absolute Gasteiger partial charge is 0.644 e. The molecule has 7 nitrogen and oxygen atoms in total. The third-order valence-electron chi connectivity index (χ3n) is 3.80. The van der Waals surface area contributed by atoms with Gasteiger partial charge in [0, 0.05) is 11.6 Å². The highest BCUT2D eigenvalue weighted by Crippen LogP contribution is 2.22. The Kier molecular flexibility index (Phi) is 9.07. The summed E-state index contributed by atoms with van der Waals surface area (Å²) in [6, 6.07) is 14.0. The van der Waals surface area contributed by atoms with Gasteiger partial charge in [-0.25, -0.2) is 4.79 Å². The van der Waals surface area contributed by atoms with Gasteiger partial charge in [0.2, 0.25) is 0 Å². The van der Waals surface area contributed by atoms with Gasteiger partial charge in [0.05, 0.1) is 0 Å². The van der Waals surface area contributed by atoms with Gasteiger partial charge in [-0.2, -0.15) is 0 Å². The standard InChI is InChI=1S/C21H21INO6/c1-14(2)19(23-12-18(24)15-7-4-3-5-8-15)20(25)28-16-9-6-10-17(11-16)29-21(26)27-13-22/h3-11,14,19H,12-13H2,1-2H3/q-1. The Hall–Kier alpha value is -2.46. The quantitative estimate of drug-likeness (QED) is 0.120. The van der Waals surface area contributed by atoms with Gasteiger partial charge < -0.3 is 19.5 Å². The first kappa shape index (κ1) is 22.8. The van der Waals surface area contributed by atoms with Gasteiger partial charge in [0.15, 0.2) is 0 Å². The van der Waals surface area contributed by atoms with Gasteiger partial charge in [-0.1, -0.05) is 62.7 Å². The van der Waals surface area contributed by atoms with Crippen LogP contribution in [0.3, 0.4) is 0 Å². The van der Waals surface area contributed by atoms with E-state index in [2.05, 4.69) is 5.32 Å². The molecule has 0 saturated carbocycles. The highest BCUT2D eigenvalue weighted by Gasteiger charge is 2.17. The molecule has 0 spiro atoms. The summed E-state index contributed by atoms with van der Waals surface area (Å²) in [5.74, 6) is -0.544. The molecule has 0 radical (unpaired) electrons. The van der Waals surface area contributed by atoms with Crippen LogP contribution in [0.5, 0.6) is 11.5 Å². The van der Waals surface area contributed by atoms with E-state index in [1.54, 1.807) is 36.4 Å². The third kappa shape index (κ3) is 7.47. The van der Waals surface area contributed by atoms with Crippen LogP contribution >= 0.6 is 22.6 Å². The molecule has 1 atom stereocenters. The molecule has 2 aromatic rings. The Bertz CT molecular complexity index is 840. The van der Waals surface area contributed by atoms with Crippen LogP contribution in [0.2, 0.25) is 0 Å². The fourth-order valence-corrected chi connectivity index (χ4v) is 2.66. The molecule has 29 heavy (non-hydrogen) atoms. The molecule has 2 aromatic carbocycles. The molecular formula is C21H21INO6-. The van der Waals surface area contributed by atoms with Crippen LogP contribution in [0.4, 0.5) is 4.79 Å². The third-order valence-corrected chi connectivity index (χ3v) is 4.11. The van der Waals surface area contributed by atoms with Gasteiger partial charge in [0.25, 0.3) is 5.97 Å². The van der Waals surface area contributed by atoms with Crippen molar-refractivity contribution in [3.8, 4) is 11.5 Å². The number of ketones is 1. The van der Waals surface area contributed by atoms with E-state index < -0.39 is 18.2 Å². The minimum absolute atomic E-state index is 0.118. The van der Waals surface area contributed by atoms with Crippen molar-refractivity contribution in [2.45, 2.75) is 19.9 Å². The Morgan fingerprint density at radius 1 is 0.966 bits per heavy atom. The van der Waals surface area contributed by atoms with E-state index in [1.165, 1.54) is 12.1 Å². The van der Waals surface area contributed by atoms with E-state index in [4.69, 9.17) is 14.2 Å². The van der Waals surface area contributed by atoms with Crippen LogP contribution in [0, 0.1) is 5.92 Å². The number of hydrogen-bond acceptors (Lipinski definition) is 6. The molecule has 1 unspecified atom stereocenters. The molecule has 2 rings (SSSR count). The molecule has 0 aliphatic carbocycles. The average Bonchev–Trinajstić information content (AvgIpc) is 2.68. The van der Waals surface area contributed by atoms with Crippen LogP contribution in [-0.2, 0) is 9.53 Å². The zero-order valence-corrected chi connectivity index (χ0v) is 18.2. The van der Waals surface area contributed by atoms with Crippen LogP contribution in [0.15, 0.2) is 54.6 Å². The van der Waals surface area contributed by atoms with Crippen LogP contribution < -0.4 is 9.47 Å². The summed E-state index contributed by atoms with van der Waals surface area (Å²) >= 11 is 1.87. The maximum Gasteiger partial charge on any atom is 0.514 e. The van der Waals surface area contributed by atoms with Crippen molar-refractivity contribution in [2.24, 2.45) is 5.92 Å². The molecule has 0 aromatic heterocycles. The van der Waals surface area contributed by atoms with Crippen molar-refractivity contribution >= 4 is 40.5 Å². The number of alkyl halides is 1. The number of halogens is 1. The maximum absolute atomic E-state index is 12.6. The number of carbonyl (C=O) groups is 3. The minimum Gasteiger partial charge on any atom is -0.644 e. The Morgan fingerprint density at radius 2 is 1.62 bits per heavy atom.